The fraction of sp³-hybridized carbons (Fsp3) is 0.778. The molecule has 0 N–H and O–H groups in total. The van der Waals surface area contributed by atoms with Crippen LogP contribution in [0.3, 0.4) is 0 Å². The van der Waals surface area contributed by atoms with Crippen LogP contribution in [-0.4, -0.2) is 14.9 Å². The summed E-state index contributed by atoms with van der Waals surface area (Å²) >= 11 is 0. The van der Waals surface area contributed by atoms with Crippen LogP contribution >= 0.6 is 0 Å². The molecule has 0 aliphatic rings. The Morgan fingerprint density at radius 2 is 1.91 bits per heavy atom. The van der Waals surface area contributed by atoms with Crippen LogP contribution in [0.15, 0.2) is 12.7 Å². The molecule has 0 spiro atoms. The summed E-state index contributed by atoms with van der Waals surface area (Å²) in [6.45, 7) is 11.3. The minimum atomic E-state index is -1.24. The van der Waals surface area contributed by atoms with Gasteiger partial charge in [0.25, 0.3) is 0 Å². The summed E-state index contributed by atoms with van der Waals surface area (Å²) in [7, 11) is -1.24. The molecule has 0 unspecified atom stereocenters. The van der Waals surface area contributed by atoms with Crippen molar-refractivity contribution in [2.24, 2.45) is 0 Å². The molecule has 0 aromatic heterocycles. The van der Waals surface area contributed by atoms with Gasteiger partial charge in [0.05, 0.1) is 0 Å². The molecular weight excluding hydrogens is 152 g/mol. The highest BCUT2D eigenvalue weighted by molar-refractivity contribution is 6.69. The first-order chi connectivity index (χ1) is 5.06. The van der Waals surface area contributed by atoms with Gasteiger partial charge in [-0.25, -0.2) is 0 Å². The molecule has 0 amide bonds. The Kier molecular flexibility index (Phi) is 5.51. The highest BCUT2D eigenvalue weighted by Gasteiger charge is 2.12. The molecule has 0 fully saturated rings. The third kappa shape index (κ3) is 9.92. The summed E-state index contributed by atoms with van der Waals surface area (Å²) in [5.74, 6) is 0. The molecule has 0 saturated carbocycles. The zero-order chi connectivity index (χ0) is 8.74. The summed E-state index contributed by atoms with van der Waals surface area (Å²) in [6, 6.07) is 0. The van der Waals surface area contributed by atoms with Gasteiger partial charge in [0.2, 0.25) is 0 Å². The maximum Gasteiger partial charge on any atom is 0.183 e. The lowest BCUT2D eigenvalue weighted by Crippen LogP contribution is -2.25. The first kappa shape index (κ1) is 10.9. The summed E-state index contributed by atoms with van der Waals surface area (Å²) < 4.78 is 5.68. The molecule has 0 radical (unpaired) electrons. The van der Waals surface area contributed by atoms with Crippen molar-refractivity contribution in [3.8, 4) is 0 Å². The van der Waals surface area contributed by atoms with Crippen molar-refractivity contribution < 1.29 is 4.43 Å². The van der Waals surface area contributed by atoms with Crippen LogP contribution in [0.1, 0.15) is 19.3 Å². The van der Waals surface area contributed by atoms with E-state index in [1.165, 1.54) is 12.8 Å². The van der Waals surface area contributed by atoms with Crippen LogP contribution in [0.5, 0.6) is 0 Å². The van der Waals surface area contributed by atoms with Crippen LogP contribution in [-0.2, 0) is 4.43 Å². The van der Waals surface area contributed by atoms with Gasteiger partial charge < -0.3 is 4.43 Å². The normalized spacial score (nSPS) is 11.5. The summed E-state index contributed by atoms with van der Waals surface area (Å²) in [6.07, 6.45) is 5.48. The standard InChI is InChI=1S/C9H20OSi/c1-5-6-7-8-9-10-11(2,3)4/h5H,1,6-9H2,2-4H3. The van der Waals surface area contributed by atoms with E-state index in [0.717, 1.165) is 13.0 Å². The van der Waals surface area contributed by atoms with E-state index >= 15 is 0 Å². The molecule has 0 bridgehead atoms. The van der Waals surface area contributed by atoms with Crippen molar-refractivity contribution in [2.75, 3.05) is 6.61 Å². The molecule has 1 nitrogen and oxygen atoms in total. The number of hydrogen-bond acceptors (Lipinski definition) is 1. The van der Waals surface area contributed by atoms with Gasteiger partial charge in [0.15, 0.2) is 8.32 Å². The molecule has 0 atom stereocenters. The van der Waals surface area contributed by atoms with Crippen LogP contribution in [0.2, 0.25) is 19.6 Å². The lowest BCUT2D eigenvalue weighted by molar-refractivity contribution is 0.301. The molecule has 11 heavy (non-hydrogen) atoms. The molecule has 0 aromatic carbocycles. The topological polar surface area (TPSA) is 9.23 Å². The van der Waals surface area contributed by atoms with E-state index < -0.39 is 8.32 Å². The van der Waals surface area contributed by atoms with Crippen LogP contribution < -0.4 is 0 Å². The Balaban J connectivity index is 3.08. The number of hydrogen-bond donors (Lipinski definition) is 0. The maximum absolute atomic E-state index is 5.68. The molecule has 0 aliphatic heterocycles. The monoisotopic (exact) mass is 172 g/mol. The lowest BCUT2D eigenvalue weighted by atomic mass is 10.2. The predicted octanol–water partition coefficient (Wildman–Crippen LogP) is 3.19. The Labute approximate surface area is 71.6 Å². The highest BCUT2D eigenvalue weighted by atomic mass is 28.4. The van der Waals surface area contributed by atoms with Gasteiger partial charge in [-0.3, -0.25) is 0 Å². The summed E-state index contributed by atoms with van der Waals surface area (Å²) in [4.78, 5) is 0. The zero-order valence-electron chi connectivity index (χ0n) is 8.02. The van der Waals surface area contributed by atoms with E-state index in [2.05, 4.69) is 26.2 Å². The van der Waals surface area contributed by atoms with E-state index in [1.807, 2.05) is 6.08 Å². The first-order valence-electron chi connectivity index (χ1n) is 4.31. The minimum Gasteiger partial charge on any atom is -0.418 e. The van der Waals surface area contributed by atoms with Gasteiger partial charge in [-0.15, -0.1) is 6.58 Å². The number of allylic oxidation sites excluding steroid dienone is 1. The van der Waals surface area contributed by atoms with E-state index in [-0.39, 0.29) is 0 Å². The fourth-order valence-electron chi connectivity index (χ4n) is 0.769. The van der Waals surface area contributed by atoms with Crippen molar-refractivity contribution >= 4 is 8.32 Å². The quantitative estimate of drug-likeness (QED) is 0.340. The van der Waals surface area contributed by atoms with Gasteiger partial charge in [0.1, 0.15) is 0 Å². The van der Waals surface area contributed by atoms with E-state index in [0.29, 0.717) is 0 Å². The van der Waals surface area contributed by atoms with Crippen molar-refractivity contribution in [3.63, 3.8) is 0 Å². The lowest BCUT2D eigenvalue weighted by Gasteiger charge is -2.16. The van der Waals surface area contributed by atoms with Crippen molar-refractivity contribution in [3.05, 3.63) is 12.7 Å². The third-order valence-electron chi connectivity index (χ3n) is 1.34. The molecular formula is C9H20OSi. The zero-order valence-corrected chi connectivity index (χ0v) is 9.02. The molecule has 0 aromatic rings. The highest BCUT2D eigenvalue weighted by Crippen LogP contribution is 2.04. The van der Waals surface area contributed by atoms with E-state index in [9.17, 15) is 0 Å². The Morgan fingerprint density at radius 3 is 2.36 bits per heavy atom. The second-order valence-corrected chi connectivity index (χ2v) is 8.26. The maximum atomic E-state index is 5.68. The molecule has 0 rings (SSSR count). The van der Waals surface area contributed by atoms with Crippen LogP contribution in [0.25, 0.3) is 0 Å². The molecule has 0 aliphatic carbocycles. The average molecular weight is 172 g/mol. The first-order valence-corrected chi connectivity index (χ1v) is 7.72. The molecule has 2 heteroatoms. The Morgan fingerprint density at radius 1 is 1.27 bits per heavy atom. The smallest absolute Gasteiger partial charge is 0.183 e. The van der Waals surface area contributed by atoms with Crippen LogP contribution in [0.4, 0.5) is 0 Å². The number of unbranched alkanes of at least 4 members (excludes halogenated alkanes) is 2. The second kappa shape index (κ2) is 5.55. The Bertz CT molecular complexity index is 105. The number of rotatable bonds is 6. The van der Waals surface area contributed by atoms with Gasteiger partial charge in [-0.1, -0.05) is 6.08 Å². The SMILES string of the molecule is C=CCCCCO[Si](C)(C)C. The average Bonchev–Trinajstić information content (AvgIpc) is 1.85. The predicted molar refractivity (Wildman–Crippen MR) is 53.3 cm³/mol. The van der Waals surface area contributed by atoms with E-state index in [4.69, 9.17) is 4.43 Å². The summed E-state index contributed by atoms with van der Waals surface area (Å²) in [5, 5.41) is 0. The molecule has 0 heterocycles. The van der Waals surface area contributed by atoms with Gasteiger partial charge in [-0.2, -0.15) is 0 Å². The Hall–Kier alpha value is -0.0831. The second-order valence-electron chi connectivity index (χ2n) is 3.75. The van der Waals surface area contributed by atoms with Gasteiger partial charge in [-0.05, 0) is 38.9 Å². The van der Waals surface area contributed by atoms with Crippen LogP contribution in [0, 0.1) is 0 Å². The van der Waals surface area contributed by atoms with Crippen molar-refractivity contribution in [1.29, 1.82) is 0 Å². The molecule has 66 valence electrons. The summed E-state index contributed by atoms with van der Waals surface area (Å²) in [5.41, 5.74) is 0. The van der Waals surface area contributed by atoms with Gasteiger partial charge >= 0.3 is 0 Å². The molecule has 0 saturated heterocycles. The minimum absolute atomic E-state index is 0.934. The van der Waals surface area contributed by atoms with Crippen molar-refractivity contribution in [2.45, 2.75) is 38.9 Å². The van der Waals surface area contributed by atoms with Crippen molar-refractivity contribution in [1.82, 2.24) is 0 Å². The largest absolute Gasteiger partial charge is 0.418 e. The van der Waals surface area contributed by atoms with E-state index in [1.54, 1.807) is 0 Å². The fourth-order valence-corrected chi connectivity index (χ4v) is 1.53. The van der Waals surface area contributed by atoms with Gasteiger partial charge in [0, 0.05) is 6.61 Å². The third-order valence-corrected chi connectivity index (χ3v) is 2.41.